The van der Waals surface area contributed by atoms with Gasteiger partial charge in [-0.1, -0.05) is 51.1 Å². The van der Waals surface area contributed by atoms with Gasteiger partial charge in [0.25, 0.3) is 5.91 Å². The van der Waals surface area contributed by atoms with E-state index in [0.717, 1.165) is 31.7 Å². The smallest absolute Gasteiger partial charge is 0.260 e. The molecule has 1 atom stereocenters. The second-order valence-electron chi connectivity index (χ2n) is 8.90. The number of para-hydroxylation sites is 1. The van der Waals surface area contributed by atoms with Crippen LogP contribution in [0.2, 0.25) is 0 Å². The number of hydrogen-bond acceptors (Lipinski definition) is 3. The maximum absolute atomic E-state index is 12.4. The van der Waals surface area contributed by atoms with Gasteiger partial charge in [-0.25, -0.2) is 0 Å². The molecule has 0 bridgehead atoms. The highest BCUT2D eigenvalue weighted by molar-refractivity contribution is 5.80. The fourth-order valence-corrected chi connectivity index (χ4v) is 3.76. The number of aryl methyl sites for hydroxylation is 1. The number of fused-ring (bicyclic) bond motifs is 1. The van der Waals surface area contributed by atoms with E-state index in [1.54, 1.807) is 6.92 Å². The Balaban J connectivity index is 1.42. The molecule has 1 aliphatic rings. The number of carbonyl (C=O) groups is 1. The Bertz CT molecular complexity index is 808. The van der Waals surface area contributed by atoms with Gasteiger partial charge in [-0.3, -0.25) is 4.79 Å². The van der Waals surface area contributed by atoms with E-state index in [1.165, 1.54) is 23.2 Å². The zero-order valence-corrected chi connectivity index (χ0v) is 18.2. The van der Waals surface area contributed by atoms with Crippen LogP contribution in [0.1, 0.15) is 51.7 Å². The molecular formula is C25H34N2O2. The van der Waals surface area contributed by atoms with Crippen molar-refractivity contribution in [1.29, 1.82) is 0 Å². The third-order valence-electron chi connectivity index (χ3n) is 5.51. The molecule has 0 saturated carbocycles. The van der Waals surface area contributed by atoms with E-state index in [-0.39, 0.29) is 11.3 Å². The lowest BCUT2D eigenvalue weighted by Gasteiger charge is -2.31. The molecule has 0 saturated heterocycles. The quantitative estimate of drug-likeness (QED) is 0.692. The summed E-state index contributed by atoms with van der Waals surface area (Å²) in [5.74, 6) is 0.662. The molecule has 2 aromatic carbocycles. The molecule has 1 amide bonds. The number of hydrogen-bond donors (Lipinski definition) is 1. The van der Waals surface area contributed by atoms with Crippen molar-refractivity contribution in [1.82, 2.24) is 5.32 Å². The van der Waals surface area contributed by atoms with Crippen molar-refractivity contribution in [2.45, 2.75) is 58.5 Å². The highest BCUT2D eigenvalue weighted by atomic mass is 16.5. The lowest BCUT2D eigenvalue weighted by atomic mass is 9.87. The molecule has 3 rings (SSSR count). The average molecular weight is 395 g/mol. The monoisotopic (exact) mass is 394 g/mol. The molecule has 1 heterocycles. The number of nitrogens with one attached hydrogen (secondary N) is 1. The molecule has 0 aromatic heterocycles. The average Bonchev–Trinajstić information content (AvgIpc) is 2.70. The Hall–Kier alpha value is -2.49. The van der Waals surface area contributed by atoms with E-state index in [9.17, 15) is 4.79 Å². The van der Waals surface area contributed by atoms with Gasteiger partial charge in [0.15, 0.2) is 6.10 Å². The maximum atomic E-state index is 12.4. The molecule has 156 valence electrons. The van der Waals surface area contributed by atoms with Crippen molar-refractivity contribution in [3.63, 3.8) is 0 Å². The van der Waals surface area contributed by atoms with Crippen molar-refractivity contribution in [3.05, 3.63) is 59.7 Å². The molecule has 4 nitrogen and oxygen atoms in total. The van der Waals surface area contributed by atoms with E-state index in [4.69, 9.17) is 4.74 Å². The van der Waals surface area contributed by atoms with Crippen molar-refractivity contribution in [2.75, 3.05) is 24.5 Å². The Morgan fingerprint density at radius 2 is 1.86 bits per heavy atom. The summed E-state index contributed by atoms with van der Waals surface area (Å²) in [6, 6.07) is 16.7. The van der Waals surface area contributed by atoms with E-state index in [1.807, 2.05) is 12.1 Å². The topological polar surface area (TPSA) is 41.6 Å². The minimum absolute atomic E-state index is 0.0658. The van der Waals surface area contributed by atoms with Crippen LogP contribution in [0.3, 0.4) is 0 Å². The summed E-state index contributed by atoms with van der Waals surface area (Å²) in [6.07, 6.45) is 2.77. The number of nitrogens with zero attached hydrogens (tertiary/aromatic N) is 1. The molecule has 0 aliphatic carbocycles. The SMILES string of the molecule is C[C@@H](Oc1ccc(C(C)(C)C)cc1)C(=O)NCCCN1CCCc2ccccc21. The van der Waals surface area contributed by atoms with E-state index < -0.39 is 6.10 Å². The van der Waals surface area contributed by atoms with Crippen molar-refractivity contribution in [2.24, 2.45) is 0 Å². The second-order valence-corrected chi connectivity index (χ2v) is 8.90. The first-order valence-corrected chi connectivity index (χ1v) is 10.7. The lowest BCUT2D eigenvalue weighted by Crippen LogP contribution is -2.38. The minimum Gasteiger partial charge on any atom is -0.481 e. The summed E-state index contributed by atoms with van der Waals surface area (Å²) in [4.78, 5) is 14.8. The standard InChI is InChI=1S/C25H34N2O2/c1-19(29-22-14-12-21(13-15-22)25(2,3)4)24(28)26-16-8-18-27-17-7-10-20-9-5-6-11-23(20)27/h5-6,9,11-15,19H,7-8,10,16-18H2,1-4H3,(H,26,28)/t19-/m1/s1. The van der Waals surface area contributed by atoms with Crippen LogP contribution in [0.4, 0.5) is 5.69 Å². The predicted molar refractivity (Wildman–Crippen MR) is 120 cm³/mol. The molecule has 1 aliphatic heterocycles. The van der Waals surface area contributed by atoms with Crippen LogP contribution in [0, 0.1) is 0 Å². The number of rotatable bonds is 7. The molecule has 1 N–H and O–H groups in total. The molecule has 0 radical (unpaired) electrons. The van der Waals surface area contributed by atoms with E-state index in [2.05, 4.69) is 67.4 Å². The molecular weight excluding hydrogens is 360 g/mol. The molecule has 0 spiro atoms. The van der Waals surface area contributed by atoms with Crippen molar-refractivity contribution in [3.8, 4) is 5.75 Å². The Morgan fingerprint density at radius 3 is 2.59 bits per heavy atom. The minimum atomic E-state index is -0.508. The molecule has 0 fully saturated rings. The zero-order chi connectivity index (χ0) is 20.9. The predicted octanol–water partition coefficient (Wildman–Crippen LogP) is 4.71. The highest BCUT2D eigenvalue weighted by Crippen LogP contribution is 2.26. The lowest BCUT2D eigenvalue weighted by molar-refractivity contribution is -0.127. The number of ether oxygens (including phenoxy) is 1. The van der Waals surface area contributed by atoms with Crippen LogP contribution in [-0.4, -0.2) is 31.6 Å². The molecule has 2 aromatic rings. The van der Waals surface area contributed by atoms with Gasteiger partial charge in [0, 0.05) is 25.3 Å². The van der Waals surface area contributed by atoms with Crippen LogP contribution >= 0.6 is 0 Å². The second kappa shape index (κ2) is 9.34. The number of amides is 1. The van der Waals surface area contributed by atoms with Crippen LogP contribution in [0.5, 0.6) is 5.75 Å². The summed E-state index contributed by atoms with van der Waals surface area (Å²) >= 11 is 0. The van der Waals surface area contributed by atoms with Crippen molar-refractivity contribution < 1.29 is 9.53 Å². The summed E-state index contributed by atoms with van der Waals surface area (Å²) in [7, 11) is 0. The van der Waals surface area contributed by atoms with E-state index in [0.29, 0.717) is 6.54 Å². The summed E-state index contributed by atoms with van der Waals surface area (Å²) in [6.45, 7) is 11.1. The maximum Gasteiger partial charge on any atom is 0.260 e. The van der Waals surface area contributed by atoms with Gasteiger partial charge in [-0.15, -0.1) is 0 Å². The third kappa shape index (κ3) is 5.75. The van der Waals surface area contributed by atoms with Crippen LogP contribution in [0.25, 0.3) is 0 Å². The first-order chi connectivity index (χ1) is 13.8. The zero-order valence-electron chi connectivity index (χ0n) is 18.2. The van der Waals surface area contributed by atoms with Gasteiger partial charge in [-0.2, -0.15) is 0 Å². The van der Waals surface area contributed by atoms with E-state index >= 15 is 0 Å². The van der Waals surface area contributed by atoms with Crippen molar-refractivity contribution >= 4 is 11.6 Å². The number of anilines is 1. The Labute approximate surface area is 175 Å². The van der Waals surface area contributed by atoms with Crippen LogP contribution in [-0.2, 0) is 16.6 Å². The van der Waals surface area contributed by atoms with Crippen LogP contribution < -0.4 is 15.0 Å². The summed E-state index contributed by atoms with van der Waals surface area (Å²) in [5.41, 5.74) is 4.14. The number of benzene rings is 2. The number of carbonyl (C=O) groups excluding carboxylic acids is 1. The van der Waals surface area contributed by atoms with Gasteiger partial charge in [0.2, 0.25) is 0 Å². The fourth-order valence-electron chi connectivity index (χ4n) is 3.76. The first-order valence-electron chi connectivity index (χ1n) is 10.7. The Morgan fingerprint density at radius 1 is 1.14 bits per heavy atom. The van der Waals surface area contributed by atoms with Gasteiger partial charge in [0.1, 0.15) is 5.75 Å². The van der Waals surface area contributed by atoms with Gasteiger partial charge >= 0.3 is 0 Å². The van der Waals surface area contributed by atoms with Gasteiger partial charge in [0.05, 0.1) is 0 Å². The molecule has 4 heteroatoms. The third-order valence-corrected chi connectivity index (χ3v) is 5.51. The normalized spacial score (nSPS) is 14.8. The van der Waals surface area contributed by atoms with Crippen LogP contribution in [0.15, 0.2) is 48.5 Å². The van der Waals surface area contributed by atoms with Gasteiger partial charge < -0.3 is 15.0 Å². The summed E-state index contributed by atoms with van der Waals surface area (Å²) < 4.78 is 5.81. The summed E-state index contributed by atoms with van der Waals surface area (Å²) in [5, 5.41) is 3.01. The van der Waals surface area contributed by atoms with Gasteiger partial charge in [-0.05, 0) is 60.9 Å². The molecule has 0 unspecified atom stereocenters. The highest BCUT2D eigenvalue weighted by Gasteiger charge is 2.18. The molecule has 29 heavy (non-hydrogen) atoms. The fraction of sp³-hybridized carbons (Fsp3) is 0.480. The first kappa shape index (κ1) is 21.2. The largest absolute Gasteiger partial charge is 0.481 e. The Kier molecular flexibility index (Phi) is 6.83.